The van der Waals surface area contributed by atoms with Gasteiger partial charge < -0.3 is 15.5 Å². The maximum absolute atomic E-state index is 12.1. The maximum atomic E-state index is 12.1. The molecule has 0 aromatic rings. The topological polar surface area (TPSA) is 96.3 Å². The number of hydrogen-bond donors (Lipinski definition) is 2. The summed E-state index contributed by atoms with van der Waals surface area (Å²) in [5.74, 6) is -1.55. The molecule has 0 spiro atoms. The van der Waals surface area contributed by atoms with Crippen LogP contribution < -0.4 is 5.32 Å². The number of carbonyl (C=O) groups excluding carboxylic acids is 3. The molecule has 0 radical (unpaired) electrons. The van der Waals surface area contributed by atoms with E-state index in [1.54, 1.807) is 0 Å². The first-order chi connectivity index (χ1) is 8.58. The minimum absolute atomic E-state index is 0.100. The molecule has 0 fully saturated rings. The number of halogens is 2. The molecular formula is C10H14F2N2O4. The van der Waals surface area contributed by atoms with E-state index >= 15 is 0 Å². The highest BCUT2D eigenvalue weighted by Crippen LogP contribution is 2.04. The fourth-order valence-corrected chi connectivity index (χ4v) is 1.06. The molecule has 0 aliphatic heterocycles. The summed E-state index contributed by atoms with van der Waals surface area (Å²) in [7, 11) is 0. The Hall–Kier alpha value is -1.86. The Kier molecular flexibility index (Phi) is 8.25. The van der Waals surface area contributed by atoms with Crippen LogP contribution in [0.15, 0.2) is 0 Å². The number of ketones is 1. The van der Waals surface area contributed by atoms with E-state index in [1.807, 2.05) is 0 Å². The van der Waals surface area contributed by atoms with Crippen LogP contribution in [0.3, 0.4) is 0 Å². The molecule has 0 bridgehead atoms. The number of esters is 1. The molecule has 0 saturated carbocycles. The highest BCUT2D eigenvalue weighted by atomic mass is 19.1. The van der Waals surface area contributed by atoms with E-state index in [0.29, 0.717) is 6.21 Å². The second-order valence-corrected chi connectivity index (χ2v) is 3.35. The lowest BCUT2D eigenvalue weighted by Gasteiger charge is -2.17. The molecule has 8 heteroatoms. The van der Waals surface area contributed by atoms with Gasteiger partial charge in [0.1, 0.15) is 19.4 Å². The zero-order valence-electron chi connectivity index (χ0n) is 9.53. The lowest BCUT2D eigenvalue weighted by Crippen LogP contribution is -2.40. The highest BCUT2D eigenvalue weighted by Gasteiger charge is 2.23. The van der Waals surface area contributed by atoms with E-state index in [0.717, 1.165) is 0 Å². The summed E-state index contributed by atoms with van der Waals surface area (Å²) in [6, 6.07) is -1.16. The van der Waals surface area contributed by atoms with Gasteiger partial charge in [-0.2, -0.15) is 0 Å². The minimum Gasteiger partial charge on any atom is -0.455 e. The number of Topliss-reactive ketones (excluding diaryl/α,β-unsaturated/α-hetero) is 1. The molecule has 0 heterocycles. The van der Waals surface area contributed by atoms with Crippen LogP contribution in [-0.2, 0) is 19.1 Å². The number of hydrogen-bond acceptors (Lipinski definition) is 5. The predicted molar refractivity (Wildman–Crippen MR) is 57.8 cm³/mol. The fraction of sp³-hybridized carbons (Fsp3) is 0.600. The van der Waals surface area contributed by atoms with Crippen LogP contribution in [0.2, 0.25) is 0 Å². The lowest BCUT2D eigenvalue weighted by molar-refractivity contribution is -0.154. The van der Waals surface area contributed by atoms with Gasteiger partial charge in [-0.05, 0) is 6.42 Å². The van der Waals surface area contributed by atoms with Crippen LogP contribution in [0.4, 0.5) is 8.78 Å². The van der Waals surface area contributed by atoms with Gasteiger partial charge in [0.2, 0.25) is 6.41 Å². The summed E-state index contributed by atoms with van der Waals surface area (Å²) >= 11 is 0. The van der Waals surface area contributed by atoms with Crippen molar-refractivity contribution in [1.29, 1.82) is 5.41 Å². The molecular weight excluding hydrogens is 250 g/mol. The monoisotopic (exact) mass is 264 g/mol. The number of alkyl halides is 2. The second-order valence-electron chi connectivity index (χ2n) is 3.35. The second kappa shape index (κ2) is 9.20. The molecule has 0 aromatic heterocycles. The van der Waals surface area contributed by atoms with Gasteiger partial charge in [0, 0.05) is 6.42 Å². The van der Waals surface area contributed by atoms with Gasteiger partial charge in [0.25, 0.3) is 0 Å². The smallest absolute Gasteiger partial charge is 0.329 e. The van der Waals surface area contributed by atoms with Crippen molar-refractivity contribution in [2.24, 2.45) is 0 Å². The van der Waals surface area contributed by atoms with Gasteiger partial charge in [-0.3, -0.25) is 9.59 Å². The van der Waals surface area contributed by atoms with Gasteiger partial charge >= 0.3 is 5.97 Å². The largest absolute Gasteiger partial charge is 0.455 e. The average Bonchev–Trinajstić information content (AvgIpc) is 2.39. The van der Waals surface area contributed by atoms with Crippen molar-refractivity contribution in [3.63, 3.8) is 0 Å². The Morgan fingerprint density at radius 1 is 1.33 bits per heavy atom. The Morgan fingerprint density at radius 2 is 1.94 bits per heavy atom. The Bertz CT molecular complexity index is 308. The Morgan fingerprint density at radius 3 is 2.39 bits per heavy atom. The molecule has 0 aliphatic rings. The average molecular weight is 264 g/mol. The number of ether oxygens (including phenoxy) is 1. The first kappa shape index (κ1) is 16.1. The summed E-state index contributed by atoms with van der Waals surface area (Å²) < 4.78 is 28.7. The standard InChI is InChI=1S/C10H14F2N2O4/c11-3-8(4-12)18-10(17)9(14-6-15)2-1-7(16)5-13/h5-6,8-9,13H,1-4H2,(H,14,15). The van der Waals surface area contributed by atoms with E-state index in [1.165, 1.54) is 0 Å². The third kappa shape index (κ3) is 6.02. The summed E-state index contributed by atoms with van der Waals surface area (Å²) in [6.07, 6.45) is -0.959. The van der Waals surface area contributed by atoms with Crippen LogP contribution in [0, 0.1) is 5.41 Å². The highest BCUT2D eigenvalue weighted by molar-refractivity contribution is 6.26. The van der Waals surface area contributed by atoms with Gasteiger partial charge in [0.15, 0.2) is 11.9 Å². The third-order valence-corrected chi connectivity index (χ3v) is 2.02. The van der Waals surface area contributed by atoms with Gasteiger partial charge in [0.05, 0.1) is 6.21 Å². The molecule has 6 nitrogen and oxygen atoms in total. The van der Waals surface area contributed by atoms with E-state index < -0.39 is 37.2 Å². The lowest BCUT2D eigenvalue weighted by atomic mass is 10.1. The van der Waals surface area contributed by atoms with Crippen molar-refractivity contribution >= 4 is 24.4 Å². The first-order valence-electron chi connectivity index (χ1n) is 5.14. The maximum Gasteiger partial charge on any atom is 0.329 e. The van der Waals surface area contributed by atoms with Crippen LogP contribution >= 0.6 is 0 Å². The van der Waals surface area contributed by atoms with Crippen molar-refractivity contribution in [3.05, 3.63) is 0 Å². The molecule has 0 saturated heterocycles. The van der Waals surface area contributed by atoms with Crippen molar-refractivity contribution in [3.8, 4) is 0 Å². The molecule has 102 valence electrons. The van der Waals surface area contributed by atoms with Crippen molar-refractivity contribution in [2.75, 3.05) is 13.3 Å². The summed E-state index contributed by atoms with van der Waals surface area (Å²) in [5.41, 5.74) is 0. The van der Waals surface area contributed by atoms with Crippen LogP contribution in [0.25, 0.3) is 0 Å². The van der Waals surface area contributed by atoms with Crippen LogP contribution in [-0.4, -0.2) is 49.9 Å². The van der Waals surface area contributed by atoms with Gasteiger partial charge in [-0.1, -0.05) is 0 Å². The van der Waals surface area contributed by atoms with Crippen molar-refractivity contribution in [2.45, 2.75) is 25.0 Å². The summed E-state index contributed by atoms with van der Waals surface area (Å²) in [5, 5.41) is 8.74. The quantitative estimate of drug-likeness (QED) is 0.328. The fourth-order valence-electron chi connectivity index (χ4n) is 1.06. The van der Waals surface area contributed by atoms with E-state index in [2.05, 4.69) is 10.1 Å². The van der Waals surface area contributed by atoms with Crippen LogP contribution in [0.5, 0.6) is 0 Å². The van der Waals surface area contributed by atoms with Gasteiger partial charge in [-0.25, -0.2) is 13.6 Å². The number of amides is 1. The van der Waals surface area contributed by atoms with Gasteiger partial charge in [-0.15, -0.1) is 0 Å². The first-order valence-corrected chi connectivity index (χ1v) is 5.14. The molecule has 2 N–H and O–H groups in total. The normalized spacial score (nSPS) is 11.7. The zero-order valence-corrected chi connectivity index (χ0v) is 9.53. The van der Waals surface area contributed by atoms with E-state index in [-0.39, 0.29) is 19.3 Å². The summed E-state index contributed by atoms with van der Waals surface area (Å²) in [6.45, 7) is -2.34. The molecule has 0 aliphatic carbocycles. The number of rotatable bonds is 10. The third-order valence-electron chi connectivity index (χ3n) is 2.02. The van der Waals surface area contributed by atoms with Crippen molar-refractivity contribution in [1.82, 2.24) is 5.32 Å². The molecule has 1 amide bonds. The van der Waals surface area contributed by atoms with E-state index in [9.17, 15) is 23.2 Å². The van der Waals surface area contributed by atoms with E-state index in [4.69, 9.17) is 5.41 Å². The molecule has 0 rings (SSSR count). The Balaban J connectivity index is 4.38. The molecule has 1 atom stereocenters. The molecule has 18 heavy (non-hydrogen) atoms. The van der Waals surface area contributed by atoms with Crippen LogP contribution in [0.1, 0.15) is 12.8 Å². The minimum atomic E-state index is -1.51. The number of carbonyl (C=O) groups is 3. The molecule has 0 aromatic carbocycles. The zero-order chi connectivity index (χ0) is 14.0. The molecule has 1 unspecified atom stereocenters. The SMILES string of the molecule is N=CC(=O)CCC(NC=O)C(=O)OC(CF)CF. The Labute approximate surface area is 102 Å². The summed E-state index contributed by atoms with van der Waals surface area (Å²) in [4.78, 5) is 32.5. The predicted octanol–water partition coefficient (Wildman–Crippen LogP) is -0.0493. The number of nitrogens with one attached hydrogen (secondary N) is 2. The van der Waals surface area contributed by atoms with Crippen molar-refractivity contribution < 1.29 is 27.9 Å².